The summed E-state index contributed by atoms with van der Waals surface area (Å²) in [5, 5.41) is 6.41. The van der Waals surface area contributed by atoms with E-state index in [4.69, 9.17) is 9.47 Å². The largest absolute Gasteiger partial charge is 0.491 e. The van der Waals surface area contributed by atoms with Crippen LogP contribution in [0.25, 0.3) is 0 Å². The summed E-state index contributed by atoms with van der Waals surface area (Å²) in [7, 11) is 0. The minimum Gasteiger partial charge on any atom is -0.491 e. The predicted molar refractivity (Wildman–Crippen MR) is 56.6 cm³/mol. The maximum absolute atomic E-state index is 11.8. The van der Waals surface area contributed by atoms with E-state index in [1.165, 1.54) is 0 Å². The zero-order chi connectivity index (χ0) is 11.2. The van der Waals surface area contributed by atoms with E-state index in [1.807, 2.05) is 0 Å². The average Bonchev–Trinajstić information content (AvgIpc) is 2.81. The van der Waals surface area contributed by atoms with Gasteiger partial charge in [0.2, 0.25) is 0 Å². The van der Waals surface area contributed by atoms with Gasteiger partial charge in [-0.1, -0.05) is 0 Å². The monoisotopic (exact) mass is 222 g/mol. The number of aromatic nitrogens is 2. The second kappa shape index (κ2) is 5.16. The summed E-state index contributed by atoms with van der Waals surface area (Å²) in [5.74, 6) is 1.93. The van der Waals surface area contributed by atoms with E-state index < -0.39 is 6.67 Å². The van der Waals surface area contributed by atoms with Crippen molar-refractivity contribution < 1.29 is 13.9 Å². The van der Waals surface area contributed by atoms with Crippen LogP contribution >= 0.6 is 0 Å². The molecule has 16 heavy (non-hydrogen) atoms. The molecule has 0 amide bonds. The summed E-state index contributed by atoms with van der Waals surface area (Å²) in [5.41, 5.74) is 0. The summed E-state index contributed by atoms with van der Waals surface area (Å²) in [6.45, 7) is -0.421. The molecule has 0 aliphatic carbocycles. The number of nitrogens with zero attached hydrogens (tertiary/aromatic N) is 1. The van der Waals surface area contributed by atoms with Crippen LogP contribution in [0.15, 0.2) is 36.7 Å². The minimum absolute atomic E-state index is 0.0714. The summed E-state index contributed by atoms with van der Waals surface area (Å²) < 4.78 is 22.4. The van der Waals surface area contributed by atoms with Gasteiger partial charge >= 0.3 is 0 Å². The summed E-state index contributed by atoms with van der Waals surface area (Å²) in [6, 6.07) is 6.96. The summed E-state index contributed by atoms with van der Waals surface area (Å²) in [4.78, 5) is 0. The lowest BCUT2D eigenvalue weighted by Crippen LogP contribution is -1.98. The molecule has 0 aliphatic heterocycles. The van der Waals surface area contributed by atoms with Crippen LogP contribution in [0.1, 0.15) is 0 Å². The van der Waals surface area contributed by atoms with E-state index in [-0.39, 0.29) is 6.61 Å². The van der Waals surface area contributed by atoms with Crippen LogP contribution in [-0.4, -0.2) is 23.5 Å². The topological polar surface area (TPSA) is 47.1 Å². The van der Waals surface area contributed by atoms with Gasteiger partial charge in [-0.2, -0.15) is 5.10 Å². The van der Waals surface area contributed by atoms with Crippen LogP contribution in [0.2, 0.25) is 0 Å². The Morgan fingerprint density at radius 2 is 1.88 bits per heavy atom. The Morgan fingerprint density at radius 1 is 1.12 bits per heavy atom. The number of hydrogen-bond acceptors (Lipinski definition) is 3. The normalized spacial score (nSPS) is 10.1. The van der Waals surface area contributed by atoms with Gasteiger partial charge < -0.3 is 9.47 Å². The highest BCUT2D eigenvalue weighted by atomic mass is 19.1. The van der Waals surface area contributed by atoms with Gasteiger partial charge in [-0.3, -0.25) is 5.10 Å². The third kappa shape index (κ3) is 2.73. The zero-order valence-electron chi connectivity index (χ0n) is 8.52. The molecular weight excluding hydrogens is 211 g/mol. The molecule has 0 saturated carbocycles. The maximum Gasteiger partial charge on any atom is 0.165 e. The van der Waals surface area contributed by atoms with E-state index in [0.717, 1.165) is 0 Å². The summed E-state index contributed by atoms with van der Waals surface area (Å²) in [6.07, 6.45) is 3.22. The fourth-order valence-corrected chi connectivity index (χ4v) is 1.19. The van der Waals surface area contributed by atoms with Crippen molar-refractivity contribution in [2.24, 2.45) is 0 Å². The second-order valence-corrected chi connectivity index (χ2v) is 3.04. The maximum atomic E-state index is 11.8. The first-order valence-corrected chi connectivity index (χ1v) is 4.84. The van der Waals surface area contributed by atoms with Crippen molar-refractivity contribution in [2.75, 3.05) is 13.3 Å². The third-order valence-electron chi connectivity index (χ3n) is 1.88. The molecule has 1 aromatic carbocycles. The molecule has 0 bridgehead atoms. The lowest BCUT2D eigenvalue weighted by atomic mass is 10.3. The highest BCUT2D eigenvalue weighted by Gasteiger charge is 1.99. The smallest absolute Gasteiger partial charge is 0.165 e. The summed E-state index contributed by atoms with van der Waals surface area (Å²) >= 11 is 0. The van der Waals surface area contributed by atoms with Crippen LogP contribution in [0.5, 0.6) is 17.2 Å². The van der Waals surface area contributed by atoms with Gasteiger partial charge in [-0.05, 0) is 24.3 Å². The molecule has 1 aromatic heterocycles. The average molecular weight is 222 g/mol. The van der Waals surface area contributed by atoms with Crippen LogP contribution in [0.3, 0.4) is 0 Å². The number of H-pyrrole nitrogens is 1. The van der Waals surface area contributed by atoms with Crippen LogP contribution in [0, 0.1) is 0 Å². The number of hydrogen-bond donors (Lipinski definition) is 1. The van der Waals surface area contributed by atoms with Gasteiger partial charge in [0, 0.05) is 0 Å². The molecule has 1 N–H and O–H groups in total. The van der Waals surface area contributed by atoms with Crippen molar-refractivity contribution in [2.45, 2.75) is 0 Å². The van der Waals surface area contributed by atoms with Crippen molar-refractivity contribution >= 4 is 0 Å². The molecule has 2 aromatic rings. The van der Waals surface area contributed by atoms with Crippen LogP contribution in [-0.2, 0) is 0 Å². The predicted octanol–water partition coefficient (Wildman–Crippen LogP) is 2.55. The van der Waals surface area contributed by atoms with Crippen molar-refractivity contribution in [3.05, 3.63) is 36.7 Å². The number of aromatic amines is 1. The second-order valence-electron chi connectivity index (χ2n) is 3.04. The van der Waals surface area contributed by atoms with Crippen LogP contribution in [0.4, 0.5) is 4.39 Å². The molecule has 1 heterocycles. The van der Waals surface area contributed by atoms with E-state index in [0.29, 0.717) is 17.2 Å². The van der Waals surface area contributed by atoms with Crippen molar-refractivity contribution in [3.8, 4) is 17.2 Å². The molecule has 0 spiro atoms. The van der Waals surface area contributed by atoms with Gasteiger partial charge in [0.1, 0.15) is 24.8 Å². The molecule has 0 radical (unpaired) electrons. The molecule has 84 valence electrons. The quantitative estimate of drug-likeness (QED) is 0.845. The Kier molecular flexibility index (Phi) is 3.38. The molecule has 0 fully saturated rings. The van der Waals surface area contributed by atoms with Gasteiger partial charge in [0.15, 0.2) is 5.75 Å². The number of rotatable bonds is 5. The first-order valence-electron chi connectivity index (χ1n) is 4.84. The first kappa shape index (κ1) is 10.5. The number of nitrogens with one attached hydrogen (secondary N) is 1. The Hall–Kier alpha value is -2.04. The third-order valence-corrected chi connectivity index (χ3v) is 1.88. The molecule has 2 rings (SSSR count). The molecule has 4 nitrogen and oxygen atoms in total. The van der Waals surface area contributed by atoms with Gasteiger partial charge in [-0.25, -0.2) is 4.39 Å². The van der Waals surface area contributed by atoms with Crippen molar-refractivity contribution in [3.63, 3.8) is 0 Å². The van der Waals surface area contributed by atoms with E-state index >= 15 is 0 Å². The van der Waals surface area contributed by atoms with Gasteiger partial charge in [0.05, 0.1) is 12.4 Å². The number of halogens is 1. The standard InChI is InChI=1S/C11H11FN2O2/c12-5-6-15-9-1-3-10(4-2-9)16-11-7-13-14-8-11/h1-4,7-8H,5-6H2,(H,13,14). The molecule has 0 aliphatic rings. The molecule has 0 saturated heterocycles. The number of benzene rings is 1. The Morgan fingerprint density at radius 3 is 2.50 bits per heavy atom. The molecule has 0 unspecified atom stereocenters. The number of alkyl halides is 1. The van der Waals surface area contributed by atoms with E-state index in [2.05, 4.69) is 10.2 Å². The molecule has 5 heteroatoms. The minimum atomic E-state index is -0.493. The zero-order valence-corrected chi connectivity index (χ0v) is 8.52. The Labute approximate surface area is 92.0 Å². The van der Waals surface area contributed by atoms with Crippen molar-refractivity contribution in [1.82, 2.24) is 10.2 Å². The molecule has 0 atom stereocenters. The highest BCUT2D eigenvalue weighted by Crippen LogP contribution is 2.22. The van der Waals surface area contributed by atoms with E-state index in [9.17, 15) is 4.39 Å². The first-order chi connectivity index (χ1) is 7.88. The molecular formula is C11H11FN2O2. The van der Waals surface area contributed by atoms with Crippen molar-refractivity contribution in [1.29, 1.82) is 0 Å². The lowest BCUT2D eigenvalue weighted by Gasteiger charge is -2.05. The SMILES string of the molecule is FCCOc1ccc(Oc2cn[nH]c2)cc1. The fraction of sp³-hybridized carbons (Fsp3) is 0.182. The van der Waals surface area contributed by atoms with Gasteiger partial charge in [0.25, 0.3) is 0 Å². The Bertz CT molecular complexity index is 414. The Balaban J connectivity index is 1.96. The van der Waals surface area contributed by atoms with E-state index in [1.54, 1.807) is 36.7 Å². The lowest BCUT2D eigenvalue weighted by molar-refractivity contribution is 0.273. The number of ether oxygens (including phenoxy) is 2. The highest BCUT2D eigenvalue weighted by molar-refractivity contribution is 5.33. The fourth-order valence-electron chi connectivity index (χ4n) is 1.19. The van der Waals surface area contributed by atoms with Crippen LogP contribution < -0.4 is 9.47 Å². The van der Waals surface area contributed by atoms with Gasteiger partial charge in [-0.15, -0.1) is 0 Å².